The van der Waals surface area contributed by atoms with Crippen LogP contribution in [0, 0.1) is 17.0 Å². The summed E-state index contributed by atoms with van der Waals surface area (Å²) in [6, 6.07) is 17.5. The Hall–Kier alpha value is -3.78. The number of aromatic nitrogens is 1. The van der Waals surface area contributed by atoms with Crippen LogP contribution in [0.4, 0.5) is 11.4 Å². The van der Waals surface area contributed by atoms with E-state index in [1.165, 1.54) is 25.3 Å². The molecule has 0 saturated carbocycles. The number of carbonyl (C=O) groups excluding carboxylic acids is 1. The van der Waals surface area contributed by atoms with Crippen LogP contribution in [-0.2, 0) is 0 Å². The fourth-order valence-electron chi connectivity index (χ4n) is 3.06. The van der Waals surface area contributed by atoms with Crippen molar-refractivity contribution >= 4 is 38.8 Å². The van der Waals surface area contributed by atoms with Crippen LogP contribution in [0.25, 0.3) is 20.8 Å². The van der Waals surface area contributed by atoms with Crippen LogP contribution >= 0.6 is 11.3 Å². The minimum Gasteiger partial charge on any atom is -0.496 e. The summed E-state index contributed by atoms with van der Waals surface area (Å²) in [7, 11) is 1.41. The average molecular weight is 419 g/mol. The third kappa shape index (κ3) is 3.72. The second-order valence-electron chi connectivity index (χ2n) is 6.61. The molecule has 30 heavy (non-hydrogen) atoms. The Morgan fingerprint density at radius 2 is 1.93 bits per heavy atom. The van der Waals surface area contributed by atoms with Crippen LogP contribution in [-0.4, -0.2) is 22.9 Å². The molecule has 0 bridgehead atoms. The van der Waals surface area contributed by atoms with Crippen molar-refractivity contribution in [3.8, 4) is 16.3 Å². The SMILES string of the molecule is COc1ccc([N+](=O)[O-])cc1C(=O)Nc1cc(-c2nc3ccccc3s2)ccc1C. The maximum atomic E-state index is 12.9. The van der Waals surface area contributed by atoms with Crippen molar-refractivity contribution in [3.05, 3.63) is 81.9 Å². The number of carbonyl (C=O) groups is 1. The smallest absolute Gasteiger partial charge is 0.270 e. The van der Waals surface area contributed by atoms with Gasteiger partial charge in [0.1, 0.15) is 10.8 Å². The first kappa shape index (κ1) is 19.5. The molecule has 1 amide bonds. The van der Waals surface area contributed by atoms with E-state index in [0.29, 0.717) is 5.69 Å². The number of ether oxygens (including phenoxy) is 1. The molecule has 0 unspecified atom stereocenters. The predicted octanol–water partition coefficient (Wildman–Crippen LogP) is 5.44. The summed E-state index contributed by atoms with van der Waals surface area (Å²) in [6.07, 6.45) is 0. The molecule has 1 N–H and O–H groups in total. The molecule has 7 nitrogen and oxygen atoms in total. The van der Waals surface area contributed by atoms with Gasteiger partial charge < -0.3 is 10.1 Å². The van der Waals surface area contributed by atoms with Gasteiger partial charge in [-0.15, -0.1) is 11.3 Å². The zero-order valence-corrected chi connectivity index (χ0v) is 17.0. The zero-order chi connectivity index (χ0) is 21.3. The number of amides is 1. The number of methoxy groups -OCH3 is 1. The second kappa shape index (κ2) is 7.92. The summed E-state index contributed by atoms with van der Waals surface area (Å²) in [5.41, 5.74) is 3.17. The first-order chi connectivity index (χ1) is 14.5. The molecule has 8 heteroatoms. The van der Waals surface area contributed by atoms with Crippen LogP contribution < -0.4 is 10.1 Å². The van der Waals surface area contributed by atoms with E-state index in [1.54, 1.807) is 11.3 Å². The average Bonchev–Trinajstić information content (AvgIpc) is 3.19. The molecule has 3 aromatic carbocycles. The number of nitro groups is 1. The number of hydrogen-bond donors (Lipinski definition) is 1. The Morgan fingerprint density at radius 1 is 1.13 bits per heavy atom. The lowest BCUT2D eigenvalue weighted by molar-refractivity contribution is -0.384. The van der Waals surface area contributed by atoms with Gasteiger partial charge in [-0.25, -0.2) is 4.98 Å². The van der Waals surface area contributed by atoms with Crippen LogP contribution in [0.5, 0.6) is 5.75 Å². The molecular weight excluding hydrogens is 402 g/mol. The van der Waals surface area contributed by atoms with E-state index in [2.05, 4.69) is 10.3 Å². The number of rotatable bonds is 5. The molecule has 0 aliphatic heterocycles. The highest BCUT2D eigenvalue weighted by Crippen LogP contribution is 2.33. The van der Waals surface area contributed by atoms with E-state index in [1.807, 2.05) is 49.4 Å². The van der Waals surface area contributed by atoms with Crippen molar-refractivity contribution in [2.24, 2.45) is 0 Å². The van der Waals surface area contributed by atoms with Gasteiger partial charge in [0.2, 0.25) is 0 Å². The summed E-state index contributed by atoms with van der Waals surface area (Å²) < 4.78 is 6.29. The van der Waals surface area contributed by atoms with Crippen molar-refractivity contribution in [2.45, 2.75) is 6.92 Å². The first-order valence-electron chi connectivity index (χ1n) is 9.06. The third-order valence-corrected chi connectivity index (χ3v) is 5.75. The van der Waals surface area contributed by atoms with E-state index in [4.69, 9.17) is 4.74 Å². The summed E-state index contributed by atoms with van der Waals surface area (Å²) in [6.45, 7) is 1.88. The molecular formula is C22H17N3O4S. The Bertz CT molecular complexity index is 1250. The van der Waals surface area contributed by atoms with Gasteiger partial charge in [-0.05, 0) is 36.8 Å². The normalized spacial score (nSPS) is 10.7. The highest BCUT2D eigenvalue weighted by molar-refractivity contribution is 7.21. The first-order valence-corrected chi connectivity index (χ1v) is 9.88. The van der Waals surface area contributed by atoms with Gasteiger partial charge in [-0.2, -0.15) is 0 Å². The van der Waals surface area contributed by atoms with Gasteiger partial charge in [0.05, 0.1) is 27.8 Å². The Morgan fingerprint density at radius 3 is 2.67 bits per heavy atom. The second-order valence-corrected chi connectivity index (χ2v) is 7.64. The van der Waals surface area contributed by atoms with E-state index in [0.717, 1.165) is 26.4 Å². The zero-order valence-electron chi connectivity index (χ0n) is 16.2. The van der Waals surface area contributed by atoms with Crippen molar-refractivity contribution in [1.29, 1.82) is 0 Å². The topological polar surface area (TPSA) is 94.4 Å². The predicted molar refractivity (Wildman–Crippen MR) is 117 cm³/mol. The molecule has 0 saturated heterocycles. The Kier molecular flexibility index (Phi) is 5.16. The lowest BCUT2D eigenvalue weighted by atomic mass is 10.1. The molecule has 0 fully saturated rings. The number of nitrogens with zero attached hydrogens (tertiary/aromatic N) is 2. The minimum absolute atomic E-state index is 0.0940. The molecule has 4 aromatic rings. The van der Waals surface area contributed by atoms with Crippen LogP contribution in [0.1, 0.15) is 15.9 Å². The number of anilines is 1. The van der Waals surface area contributed by atoms with E-state index >= 15 is 0 Å². The molecule has 4 rings (SSSR count). The largest absolute Gasteiger partial charge is 0.496 e. The van der Waals surface area contributed by atoms with Crippen molar-refractivity contribution in [3.63, 3.8) is 0 Å². The van der Waals surface area contributed by atoms with Crippen LogP contribution in [0.15, 0.2) is 60.7 Å². The van der Waals surface area contributed by atoms with E-state index in [-0.39, 0.29) is 17.0 Å². The van der Waals surface area contributed by atoms with Gasteiger partial charge >= 0.3 is 0 Å². The molecule has 150 valence electrons. The number of aryl methyl sites for hydroxylation is 1. The Balaban J connectivity index is 1.68. The quantitative estimate of drug-likeness (QED) is 0.343. The number of hydrogen-bond acceptors (Lipinski definition) is 6. The maximum absolute atomic E-state index is 12.9. The number of nitro benzene ring substituents is 1. The summed E-state index contributed by atoms with van der Waals surface area (Å²) in [5.74, 6) is -0.224. The summed E-state index contributed by atoms with van der Waals surface area (Å²) in [4.78, 5) is 28.1. The fourth-order valence-corrected chi connectivity index (χ4v) is 4.02. The third-order valence-electron chi connectivity index (χ3n) is 4.67. The highest BCUT2D eigenvalue weighted by atomic mass is 32.1. The number of fused-ring (bicyclic) bond motifs is 1. The molecule has 1 heterocycles. The molecule has 0 aliphatic carbocycles. The fraction of sp³-hybridized carbons (Fsp3) is 0.0909. The highest BCUT2D eigenvalue weighted by Gasteiger charge is 2.18. The molecule has 0 atom stereocenters. The van der Waals surface area contributed by atoms with E-state index < -0.39 is 10.8 Å². The van der Waals surface area contributed by atoms with Gasteiger partial charge in [0.15, 0.2) is 0 Å². The molecule has 0 radical (unpaired) electrons. The van der Waals surface area contributed by atoms with Gasteiger partial charge in [-0.1, -0.05) is 24.3 Å². The molecule has 0 spiro atoms. The number of thiazole rings is 1. The standard InChI is InChI=1S/C22H17N3O4S/c1-13-7-8-14(22-24-17-5-3-4-6-20(17)30-22)11-18(13)23-21(26)16-12-15(25(27)28)9-10-19(16)29-2/h3-12H,1-2H3,(H,23,26). The van der Waals surface area contributed by atoms with Gasteiger partial charge in [0, 0.05) is 23.4 Å². The van der Waals surface area contributed by atoms with Crippen molar-refractivity contribution in [1.82, 2.24) is 4.98 Å². The number of para-hydroxylation sites is 1. The Labute approximate surface area is 176 Å². The van der Waals surface area contributed by atoms with Crippen molar-refractivity contribution in [2.75, 3.05) is 12.4 Å². The van der Waals surface area contributed by atoms with Crippen LogP contribution in [0.3, 0.4) is 0 Å². The maximum Gasteiger partial charge on any atom is 0.270 e. The summed E-state index contributed by atoms with van der Waals surface area (Å²) in [5, 5.41) is 14.8. The van der Waals surface area contributed by atoms with Crippen LogP contribution in [0.2, 0.25) is 0 Å². The van der Waals surface area contributed by atoms with Gasteiger partial charge in [0.25, 0.3) is 11.6 Å². The molecule has 1 aromatic heterocycles. The minimum atomic E-state index is -0.546. The summed E-state index contributed by atoms with van der Waals surface area (Å²) >= 11 is 1.57. The van der Waals surface area contributed by atoms with Crippen molar-refractivity contribution < 1.29 is 14.5 Å². The van der Waals surface area contributed by atoms with Gasteiger partial charge in [-0.3, -0.25) is 14.9 Å². The monoisotopic (exact) mass is 419 g/mol. The van der Waals surface area contributed by atoms with E-state index in [9.17, 15) is 14.9 Å². The lowest BCUT2D eigenvalue weighted by Gasteiger charge is -2.12. The number of nitrogens with one attached hydrogen (secondary N) is 1. The molecule has 0 aliphatic rings. The number of benzene rings is 3. The lowest BCUT2D eigenvalue weighted by Crippen LogP contribution is -2.14. The number of non-ortho nitro benzene ring substituents is 1.